The number of allylic oxidation sites excluding steroid dienone is 9. The van der Waals surface area contributed by atoms with Gasteiger partial charge in [0.25, 0.3) is 0 Å². The molecule has 77 heavy (non-hydrogen) atoms. The van der Waals surface area contributed by atoms with Crippen LogP contribution in [-0.4, -0.2) is 5.71 Å². The van der Waals surface area contributed by atoms with Crippen LogP contribution in [-0.2, 0) is 0 Å². The predicted molar refractivity (Wildman–Crippen MR) is 329 cm³/mol. The molecule has 0 fully saturated rings. The van der Waals surface area contributed by atoms with Gasteiger partial charge in [0.1, 0.15) is 22.3 Å². The number of hydrogen-bond acceptors (Lipinski definition) is 3. The molecule has 370 valence electrons. The van der Waals surface area contributed by atoms with E-state index in [0.29, 0.717) is 11.6 Å². The summed E-state index contributed by atoms with van der Waals surface area (Å²) in [4.78, 5) is 5.54. The minimum absolute atomic E-state index is 0.155. The Hall–Kier alpha value is -9.31. The maximum atomic E-state index is 6.85. The van der Waals surface area contributed by atoms with Crippen LogP contribution in [0.15, 0.2) is 263 Å². The molecule has 3 heteroatoms. The molecule has 1 aliphatic rings. The topological polar surface area (TPSA) is 38.6 Å². The fraction of sp³-hybridized carbons (Fsp3) is 0.0946. The van der Waals surface area contributed by atoms with Crippen LogP contribution in [0.4, 0.5) is 0 Å². The number of rotatable bonds is 8. The van der Waals surface area contributed by atoms with Crippen LogP contribution in [0.25, 0.3) is 115 Å². The van der Waals surface area contributed by atoms with E-state index in [9.17, 15) is 0 Å². The Morgan fingerprint density at radius 1 is 0.506 bits per heavy atom. The smallest absolute Gasteiger partial charge is 0.143 e. The molecule has 12 aromatic rings. The number of hydrogen-bond donors (Lipinski definition) is 0. The Labute approximate surface area is 449 Å². The van der Waals surface area contributed by atoms with Crippen molar-refractivity contribution in [3.8, 4) is 22.3 Å². The molecule has 2 unspecified atom stereocenters. The van der Waals surface area contributed by atoms with Crippen molar-refractivity contribution in [3.05, 3.63) is 271 Å². The van der Waals surface area contributed by atoms with Gasteiger partial charge in [0.15, 0.2) is 0 Å². The van der Waals surface area contributed by atoms with Gasteiger partial charge in [-0.2, -0.15) is 0 Å². The van der Waals surface area contributed by atoms with E-state index in [-0.39, 0.29) is 5.92 Å². The summed E-state index contributed by atoms with van der Waals surface area (Å²) in [7, 11) is 0. The number of benzene rings is 10. The van der Waals surface area contributed by atoms with E-state index < -0.39 is 0 Å². The summed E-state index contributed by atoms with van der Waals surface area (Å²) in [5, 5.41) is 11.6. The van der Waals surface area contributed by atoms with Crippen molar-refractivity contribution >= 4 is 98.7 Å². The van der Waals surface area contributed by atoms with Crippen LogP contribution in [0, 0.1) is 11.8 Å². The molecule has 0 bridgehead atoms. The Kier molecular flexibility index (Phi) is 12.0. The van der Waals surface area contributed by atoms with Crippen LogP contribution in [0.3, 0.4) is 0 Å². The van der Waals surface area contributed by atoms with E-state index in [1.165, 1.54) is 37.9 Å². The number of fused-ring (bicyclic) bond motifs is 12. The Balaban J connectivity index is 0.978. The molecule has 10 aromatic carbocycles. The van der Waals surface area contributed by atoms with Crippen molar-refractivity contribution in [1.29, 1.82) is 0 Å². The molecule has 0 amide bonds. The maximum absolute atomic E-state index is 6.85. The fourth-order valence-corrected chi connectivity index (χ4v) is 11.9. The summed E-state index contributed by atoms with van der Waals surface area (Å²) in [6.45, 7) is 18.3. The first-order chi connectivity index (χ1) is 37.7. The van der Waals surface area contributed by atoms with Crippen molar-refractivity contribution < 1.29 is 8.83 Å². The summed E-state index contributed by atoms with van der Waals surface area (Å²) < 4.78 is 13.6. The van der Waals surface area contributed by atoms with Crippen LogP contribution in [0.2, 0.25) is 0 Å². The number of para-hydroxylation sites is 2. The standard InChI is InChI=1S/C74H57NO2/c1-45-22-10-11-23-46(2)47(3)54(41-40-45)61-34-21-39-68-72(61)71-55(33-20-38-67(71)76-68)48(4)49(5)73(51-24-8-7-9-25-51)75-50(6)52-26-18-27-53(44-52)56-42-43-63-59-30-13-12-28-57(59)58-29-14-15-32-62(58)70(63)69(56)65-36-19-35-64-60-31-16-17-37-66(60)77-74(64)65/h7-39,41-46H,3,6,40H2,1-2,4-5H3/b22-10-,23-11-,49-48+,54-41+,75-73?. The van der Waals surface area contributed by atoms with Gasteiger partial charge in [0.05, 0.1) is 11.4 Å². The summed E-state index contributed by atoms with van der Waals surface area (Å²) >= 11 is 0. The van der Waals surface area contributed by atoms with Gasteiger partial charge in [-0.1, -0.05) is 227 Å². The lowest BCUT2D eigenvalue weighted by Crippen LogP contribution is -2.06. The van der Waals surface area contributed by atoms with Crippen molar-refractivity contribution in [2.24, 2.45) is 16.8 Å². The van der Waals surface area contributed by atoms with Crippen LogP contribution in [0.1, 0.15) is 56.4 Å². The van der Waals surface area contributed by atoms with Gasteiger partial charge in [0.2, 0.25) is 0 Å². The van der Waals surface area contributed by atoms with Crippen molar-refractivity contribution in [1.82, 2.24) is 0 Å². The number of aliphatic imine (C=N–C) groups is 1. The zero-order valence-corrected chi connectivity index (χ0v) is 43.9. The van der Waals surface area contributed by atoms with Gasteiger partial charge < -0.3 is 8.83 Å². The van der Waals surface area contributed by atoms with Gasteiger partial charge >= 0.3 is 0 Å². The first-order valence-corrected chi connectivity index (χ1v) is 26.8. The second-order valence-corrected chi connectivity index (χ2v) is 20.8. The maximum Gasteiger partial charge on any atom is 0.143 e. The molecule has 0 N–H and O–H groups in total. The molecular formula is C74H57NO2. The molecule has 0 spiro atoms. The third kappa shape index (κ3) is 8.18. The average Bonchev–Trinajstić information content (AvgIpc) is 4.12. The van der Waals surface area contributed by atoms with E-state index in [1.807, 2.05) is 6.07 Å². The van der Waals surface area contributed by atoms with Crippen molar-refractivity contribution in [2.45, 2.75) is 34.1 Å². The molecule has 3 nitrogen and oxygen atoms in total. The van der Waals surface area contributed by atoms with Crippen LogP contribution >= 0.6 is 0 Å². The quantitative estimate of drug-likeness (QED) is 0.112. The highest BCUT2D eigenvalue weighted by Gasteiger charge is 2.24. The molecule has 1 aliphatic carbocycles. The third-order valence-electron chi connectivity index (χ3n) is 16.1. The molecule has 0 radical (unpaired) electrons. The lowest BCUT2D eigenvalue weighted by atomic mass is 9.84. The molecule has 2 atom stereocenters. The van der Waals surface area contributed by atoms with Crippen molar-refractivity contribution in [3.63, 3.8) is 0 Å². The minimum Gasteiger partial charge on any atom is -0.456 e. The zero-order chi connectivity index (χ0) is 52.3. The molecule has 0 saturated carbocycles. The van der Waals surface area contributed by atoms with Gasteiger partial charge in [-0.3, -0.25) is 0 Å². The molecule has 2 aromatic heterocycles. The van der Waals surface area contributed by atoms with Gasteiger partial charge in [0, 0.05) is 43.8 Å². The number of furan rings is 2. The Morgan fingerprint density at radius 3 is 1.90 bits per heavy atom. The summed E-state index contributed by atoms with van der Waals surface area (Å²) in [6.07, 6.45) is 12.1. The second kappa shape index (κ2) is 19.4. The normalized spacial score (nSPS) is 17.3. The first-order valence-electron chi connectivity index (χ1n) is 26.8. The van der Waals surface area contributed by atoms with Crippen LogP contribution in [0.5, 0.6) is 0 Å². The number of nitrogens with zero attached hydrogens (tertiary/aromatic N) is 1. The fourth-order valence-electron chi connectivity index (χ4n) is 11.9. The first kappa shape index (κ1) is 47.4. The Morgan fingerprint density at radius 2 is 1.10 bits per heavy atom. The third-order valence-corrected chi connectivity index (χ3v) is 16.1. The summed E-state index contributed by atoms with van der Waals surface area (Å²) in [5.74, 6) is 0.539. The molecule has 13 rings (SSSR count). The van der Waals surface area contributed by atoms with Gasteiger partial charge in [-0.15, -0.1) is 0 Å². The van der Waals surface area contributed by atoms with E-state index in [0.717, 1.165) is 117 Å². The average molecular weight is 992 g/mol. The molecule has 0 saturated heterocycles. The summed E-state index contributed by atoms with van der Waals surface area (Å²) in [6, 6.07) is 69.2. The van der Waals surface area contributed by atoms with Crippen LogP contribution < -0.4 is 0 Å². The van der Waals surface area contributed by atoms with E-state index in [1.54, 1.807) is 0 Å². The monoisotopic (exact) mass is 991 g/mol. The lowest BCUT2D eigenvalue weighted by molar-refractivity contribution is 0.668. The highest BCUT2D eigenvalue weighted by Crippen LogP contribution is 2.48. The van der Waals surface area contributed by atoms with Crippen molar-refractivity contribution in [2.75, 3.05) is 0 Å². The second-order valence-electron chi connectivity index (χ2n) is 20.8. The lowest BCUT2D eigenvalue weighted by Gasteiger charge is -2.19. The zero-order valence-electron chi connectivity index (χ0n) is 43.9. The highest BCUT2D eigenvalue weighted by atomic mass is 16.3. The van der Waals surface area contributed by atoms with Gasteiger partial charge in [-0.25, -0.2) is 4.99 Å². The minimum atomic E-state index is 0.155. The predicted octanol–water partition coefficient (Wildman–Crippen LogP) is 21.0. The highest BCUT2D eigenvalue weighted by molar-refractivity contribution is 6.31. The SMILES string of the molecule is C=C(N=C(/C(C)=C(\C)c1cccc2oc3cccc(/C4=C/CC(C)/C=C\C=C/C(C)C4=C)c3c12)c1ccccc1)c1cccc(-c2ccc3c4ccccc4c4ccccc4c3c2-c2cccc3c2oc2ccccc23)c1. The van der Waals surface area contributed by atoms with E-state index in [4.69, 9.17) is 27.0 Å². The Bertz CT molecular complexity index is 4530. The summed E-state index contributed by atoms with van der Waals surface area (Å²) in [5.41, 5.74) is 17.9. The molecule has 2 heterocycles. The largest absolute Gasteiger partial charge is 0.456 e. The van der Waals surface area contributed by atoms with E-state index >= 15 is 0 Å². The van der Waals surface area contributed by atoms with E-state index in [2.05, 4.69) is 246 Å². The van der Waals surface area contributed by atoms with Gasteiger partial charge in [-0.05, 0) is 133 Å². The molecule has 0 aliphatic heterocycles. The molecular weight excluding hydrogens is 935 g/mol.